The SMILES string of the molecule is Cn1c(SCC(=O)Nc2ccccc2-c2ccccc2)n[nH]c1=O. The maximum Gasteiger partial charge on any atom is 0.343 e. The molecule has 0 saturated carbocycles. The molecular weight excluding hydrogens is 324 g/mol. The third-order valence-corrected chi connectivity index (χ3v) is 4.49. The highest BCUT2D eigenvalue weighted by Gasteiger charge is 2.11. The predicted octanol–water partition coefficient (Wildman–Crippen LogP) is 2.51. The lowest BCUT2D eigenvalue weighted by atomic mass is 10.0. The van der Waals surface area contributed by atoms with Crippen molar-refractivity contribution in [3.05, 3.63) is 65.1 Å². The van der Waals surface area contributed by atoms with Crippen molar-refractivity contribution in [2.75, 3.05) is 11.1 Å². The Morgan fingerprint density at radius 2 is 1.88 bits per heavy atom. The summed E-state index contributed by atoms with van der Waals surface area (Å²) in [4.78, 5) is 23.5. The highest BCUT2D eigenvalue weighted by atomic mass is 32.2. The minimum absolute atomic E-state index is 0.154. The fourth-order valence-electron chi connectivity index (χ4n) is 2.24. The summed E-state index contributed by atoms with van der Waals surface area (Å²) in [5.41, 5.74) is 2.46. The number of benzene rings is 2. The number of hydrogen-bond donors (Lipinski definition) is 2. The molecule has 1 aromatic heterocycles. The number of carbonyl (C=O) groups excluding carboxylic acids is 1. The molecule has 1 heterocycles. The lowest BCUT2D eigenvalue weighted by Gasteiger charge is -2.11. The summed E-state index contributed by atoms with van der Waals surface area (Å²) in [5.74, 6) is 0.0141. The Labute approximate surface area is 142 Å². The Morgan fingerprint density at radius 3 is 2.58 bits per heavy atom. The molecule has 2 N–H and O–H groups in total. The second-order valence-electron chi connectivity index (χ2n) is 5.12. The summed E-state index contributed by atoms with van der Waals surface area (Å²) in [6.07, 6.45) is 0. The molecule has 7 heteroatoms. The van der Waals surface area contributed by atoms with Crippen LogP contribution in [0.1, 0.15) is 0 Å². The maximum absolute atomic E-state index is 12.2. The van der Waals surface area contributed by atoms with Crippen LogP contribution >= 0.6 is 11.8 Å². The Morgan fingerprint density at radius 1 is 1.17 bits per heavy atom. The van der Waals surface area contributed by atoms with E-state index in [0.717, 1.165) is 16.8 Å². The summed E-state index contributed by atoms with van der Waals surface area (Å²) in [6.45, 7) is 0. The van der Waals surface area contributed by atoms with Crippen LogP contribution in [0.5, 0.6) is 0 Å². The van der Waals surface area contributed by atoms with Crippen molar-refractivity contribution in [1.29, 1.82) is 0 Å². The zero-order chi connectivity index (χ0) is 16.9. The maximum atomic E-state index is 12.2. The van der Waals surface area contributed by atoms with Crippen molar-refractivity contribution in [1.82, 2.24) is 14.8 Å². The van der Waals surface area contributed by atoms with Crippen molar-refractivity contribution in [2.24, 2.45) is 7.05 Å². The van der Waals surface area contributed by atoms with Gasteiger partial charge in [0.05, 0.1) is 5.75 Å². The van der Waals surface area contributed by atoms with Crippen LogP contribution in [0.4, 0.5) is 5.69 Å². The van der Waals surface area contributed by atoms with Crippen molar-refractivity contribution >= 4 is 23.4 Å². The molecule has 0 saturated heterocycles. The average Bonchev–Trinajstić information content (AvgIpc) is 2.93. The van der Waals surface area contributed by atoms with Crippen LogP contribution in [0.25, 0.3) is 11.1 Å². The van der Waals surface area contributed by atoms with Crippen molar-refractivity contribution in [3.63, 3.8) is 0 Å². The summed E-state index contributed by atoms with van der Waals surface area (Å²) < 4.78 is 1.37. The molecule has 0 fully saturated rings. The minimum Gasteiger partial charge on any atom is -0.325 e. The van der Waals surface area contributed by atoms with Gasteiger partial charge in [0.2, 0.25) is 5.91 Å². The number of aromatic nitrogens is 3. The summed E-state index contributed by atoms with van der Waals surface area (Å²) in [7, 11) is 1.61. The van der Waals surface area contributed by atoms with Gasteiger partial charge in [-0.25, -0.2) is 9.89 Å². The van der Waals surface area contributed by atoms with Crippen LogP contribution < -0.4 is 11.0 Å². The second kappa shape index (κ2) is 7.18. The van der Waals surface area contributed by atoms with Crippen LogP contribution in [-0.2, 0) is 11.8 Å². The molecule has 0 bridgehead atoms. The third-order valence-electron chi connectivity index (χ3n) is 3.46. The summed E-state index contributed by atoms with van der Waals surface area (Å²) in [6, 6.07) is 17.5. The molecule has 0 aliphatic rings. The largest absolute Gasteiger partial charge is 0.343 e. The van der Waals surface area contributed by atoms with E-state index >= 15 is 0 Å². The van der Waals surface area contributed by atoms with E-state index in [1.54, 1.807) is 7.05 Å². The van der Waals surface area contributed by atoms with Gasteiger partial charge in [0.15, 0.2) is 5.16 Å². The lowest BCUT2D eigenvalue weighted by molar-refractivity contribution is -0.113. The van der Waals surface area contributed by atoms with E-state index in [1.807, 2.05) is 54.6 Å². The lowest BCUT2D eigenvalue weighted by Crippen LogP contribution is -2.16. The van der Waals surface area contributed by atoms with Crippen LogP contribution in [0.15, 0.2) is 64.5 Å². The first-order valence-corrected chi connectivity index (χ1v) is 8.32. The van der Waals surface area contributed by atoms with Gasteiger partial charge in [-0.3, -0.25) is 9.36 Å². The number of aromatic amines is 1. The normalized spacial score (nSPS) is 10.5. The van der Waals surface area contributed by atoms with E-state index in [1.165, 1.54) is 16.3 Å². The molecule has 6 nitrogen and oxygen atoms in total. The fraction of sp³-hybridized carbons (Fsp3) is 0.118. The monoisotopic (exact) mass is 340 g/mol. The molecule has 2 aromatic carbocycles. The van der Waals surface area contributed by atoms with Crippen molar-refractivity contribution in [3.8, 4) is 11.1 Å². The van der Waals surface area contributed by atoms with Gasteiger partial charge in [0.1, 0.15) is 0 Å². The number of nitrogens with zero attached hydrogens (tertiary/aromatic N) is 2. The number of H-pyrrole nitrogens is 1. The highest BCUT2D eigenvalue weighted by molar-refractivity contribution is 7.99. The highest BCUT2D eigenvalue weighted by Crippen LogP contribution is 2.27. The smallest absolute Gasteiger partial charge is 0.325 e. The molecule has 0 radical (unpaired) electrons. The molecule has 24 heavy (non-hydrogen) atoms. The Balaban J connectivity index is 1.71. The molecule has 1 amide bonds. The Hall–Kier alpha value is -2.80. The van der Waals surface area contributed by atoms with Crippen molar-refractivity contribution in [2.45, 2.75) is 5.16 Å². The van der Waals surface area contributed by atoms with Gasteiger partial charge in [0.25, 0.3) is 0 Å². The summed E-state index contributed by atoms with van der Waals surface area (Å²) >= 11 is 1.21. The fourth-order valence-corrected chi connectivity index (χ4v) is 2.96. The molecular formula is C17H16N4O2S. The van der Waals surface area contributed by atoms with E-state index in [2.05, 4.69) is 15.5 Å². The number of hydrogen-bond acceptors (Lipinski definition) is 4. The molecule has 0 aliphatic carbocycles. The zero-order valence-electron chi connectivity index (χ0n) is 13.0. The molecule has 3 aromatic rings. The van der Waals surface area contributed by atoms with Gasteiger partial charge < -0.3 is 5.32 Å². The predicted molar refractivity (Wildman–Crippen MR) is 95.1 cm³/mol. The number of para-hydroxylation sites is 1. The van der Waals surface area contributed by atoms with Gasteiger partial charge in [-0.1, -0.05) is 60.3 Å². The molecule has 122 valence electrons. The first-order chi connectivity index (χ1) is 11.6. The number of anilines is 1. The second-order valence-corrected chi connectivity index (χ2v) is 6.06. The molecule has 0 atom stereocenters. The van der Waals surface area contributed by atoms with Crippen molar-refractivity contribution < 1.29 is 4.79 Å². The van der Waals surface area contributed by atoms with Crippen LogP contribution in [-0.4, -0.2) is 26.4 Å². The molecule has 0 unspecified atom stereocenters. The number of thioether (sulfide) groups is 1. The quantitative estimate of drug-likeness (QED) is 0.700. The topological polar surface area (TPSA) is 79.8 Å². The van der Waals surface area contributed by atoms with E-state index in [0.29, 0.717) is 5.16 Å². The zero-order valence-corrected chi connectivity index (χ0v) is 13.8. The van der Waals surface area contributed by atoms with E-state index < -0.39 is 0 Å². The van der Waals surface area contributed by atoms with E-state index in [-0.39, 0.29) is 17.3 Å². The first kappa shape index (κ1) is 16.1. The van der Waals surface area contributed by atoms with Gasteiger partial charge in [0, 0.05) is 18.3 Å². The Bertz CT molecular complexity index is 902. The van der Waals surface area contributed by atoms with Crippen LogP contribution in [0.2, 0.25) is 0 Å². The molecule has 0 spiro atoms. The third kappa shape index (κ3) is 3.57. The van der Waals surface area contributed by atoms with Crippen LogP contribution in [0, 0.1) is 0 Å². The molecule has 3 rings (SSSR count). The minimum atomic E-state index is -0.299. The molecule has 0 aliphatic heterocycles. The van der Waals surface area contributed by atoms with Gasteiger partial charge in [-0.05, 0) is 11.6 Å². The van der Waals surface area contributed by atoms with Crippen LogP contribution in [0.3, 0.4) is 0 Å². The van der Waals surface area contributed by atoms with E-state index in [4.69, 9.17) is 0 Å². The van der Waals surface area contributed by atoms with E-state index in [9.17, 15) is 9.59 Å². The number of carbonyl (C=O) groups is 1. The van der Waals surface area contributed by atoms with Gasteiger partial charge in [-0.15, -0.1) is 5.10 Å². The van der Waals surface area contributed by atoms with Gasteiger partial charge >= 0.3 is 5.69 Å². The first-order valence-electron chi connectivity index (χ1n) is 7.33. The standard InChI is InChI=1S/C17H16N4O2S/c1-21-16(23)19-20-17(21)24-11-15(22)18-14-10-6-5-9-13(14)12-7-3-2-4-8-12/h2-10H,11H2,1H3,(H,18,22)(H,19,23). The number of nitrogens with one attached hydrogen (secondary N) is 2. The van der Waals surface area contributed by atoms with Gasteiger partial charge in [-0.2, -0.15) is 0 Å². The number of amides is 1. The average molecular weight is 340 g/mol. The summed E-state index contributed by atoms with van der Waals surface area (Å²) in [5, 5.41) is 9.61. The Kier molecular flexibility index (Phi) is 4.81. The number of rotatable bonds is 5.